The SMILES string of the molecule is CCCNC1COCC1C(=O)N(C)CC(=O)NC(C)(C)C. The number of nitrogens with zero attached hydrogens (tertiary/aromatic N) is 1. The number of carbonyl (C=O) groups excluding carboxylic acids is 2. The first kappa shape index (κ1) is 17.9. The highest BCUT2D eigenvalue weighted by Crippen LogP contribution is 2.16. The summed E-state index contributed by atoms with van der Waals surface area (Å²) in [6, 6.07) is 0.0468. The lowest BCUT2D eigenvalue weighted by Gasteiger charge is -2.26. The van der Waals surface area contributed by atoms with Crippen LogP contribution in [0.25, 0.3) is 0 Å². The van der Waals surface area contributed by atoms with E-state index in [1.807, 2.05) is 20.8 Å². The molecular formula is C15H29N3O3. The van der Waals surface area contributed by atoms with Crippen LogP contribution in [0, 0.1) is 5.92 Å². The topological polar surface area (TPSA) is 70.7 Å². The Bertz CT molecular complexity index is 366. The van der Waals surface area contributed by atoms with Gasteiger partial charge in [0, 0.05) is 18.6 Å². The summed E-state index contributed by atoms with van der Waals surface area (Å²) < 4.78 is 5.41. The number of hydrogen-bond donors (Lipinski definition) is 2. The summed E-state index contributed by atoms with van der Waals surface area (Å²) in [7, 11) is 1.67. The maximum Gasteiger partial charge on any atom is 0.240 e. The molecule has 0 aliphatic carbocycles. The van der Waals surface area contributed by atoms with Gasteiger partial charge in [0.1, 0.15) is 0 Å². The summed E-state index contributed by atoms with van der Waals surface area (Å²) in [5, 5.41) is 6.20. The van der Waals surface area contributed by atoms with E-state index in [0.717, 1.165) is 13.0 Å². The van der Waals surface area contributed by atoms with Gasteiger partial charge in [-0.05, 0) is 33.7 Å². The van der Waals surface area contributed by atoms with Crippen molar-refractivity contribution in [3.63, 3.8) is 0 Å². The number of nitrogens with one attached hydrogen (secondary N) is 2. The molecule has 2 atom stereocenters. The smallest absolute Gasteiger partial charge is 0.240 e. The van der Waals surface area contributed by atoms with E-state index < -0.39 is 0 Å². The minimum absolute atomic E-state index is 0.0369. The molecule has 0 aromatic heterocycles. The fourth-order valence-electron chi connectivity index (χ4n) is 2.36. The quantitative estimate of drug-likeness (QED) is 0.743. The van der Waals surface area contributed by atoms with Crippen LogP contribution >= 0.6 is 0 Å². The van der Waals surface area contributed by atoms with Crippen molar-refractivity contribution in [2.45, 2.75) is 45.7 Å². The van der Waals surface area contributed by atoms with Crippen LogP contribution in [-0.4, -0.2) is 61.6 Å². The van der Waals surface area contributed by atoms with Gasteiger partial charge >= 0.3 is 0 Å². The zero-order valence-electron chi connectivity index (χ0n) is 13.9. The summed E-state index contributed by atoms with van der Waals surface area (Å²) in [4.78, 5) is 25.8. The van der Waals surface area contributed by atoms with Gasteiger partial charge in [0.05, 0.1) is 25.7 Å². The molecule has 0 spiro atoms. The average Bonchev–Trinajstić information content (AvgIpc) is 2.80. The predicted molar refractivity (Wildman–Crippen MR) is 81.9 cm³/mol. The summed E-state index contributed by atoms with van der Waals surface area (Å²) in [6.45, 7) is 9.76. The molecule has 1 aliphatic heterocycles. The van der Waals surface area contributed by atoms with Crippen LogP contribution in [0.15, 0.2) is 0 Å². The standard InChI is InChI=1S/C15H29N3O3/c1-6-7-16-12-10-21-9-11(12)14(20)18(5)8-13(19)17-15(2,3)4/h11-12,16H,6-10H2,1-5H3,(H,17,19). The number of likely N-dealkylation sites (N-methyl/N-ethyl adjacent to an activating group) is 1. The van der Waals surface area contributed by atoms with Crippen LogP contribution < -0.4 is 10.6 Å². The second kappa shape index (κ2) is 7.75. The van der Waals surface area contributed by atoms with Crippen LogP contribution in [0.3, 0.4) is 0 Å². The van der Waals surface area contributed by atoms with Crippen molar-refractivity contribution in [1.82, 2.24) is 15.5 Å². The molecule has 6 heteroatoms. The lowest BCUT2D eigenvalue weighted by Crippen LogP contribution is -2.49. The van der Waals surface area contributed by atoms with Crippen molar-refractivity contribution >= 4 is 11.8 Å². The molecule has 2 amide bonds. The fourth-order valence-corrected chi connectivity index (χ4v) is 2.36. The van der Waals surface area contributed by atoms with Crippen LogP contribution in [0.2, 0.25) is 0 Å². The third kappa shape index (κ3) is 6.01. The molecule has 2 N–H and O–H groups in total. The Kier molecular flexibility index (Phi) is 6.61. The first-order valence-electron chi connectivity index (χ1n) is 7.61. The van der Waals surface area contributed by atoms with E-state index in [1.54, 1.807) is 7.05 Å². The molecule has 1 heterocycles. The molecule has 0 saturated carbocycles. The van der Waals surface area contributed by atoms with E-state index in [1.165, 1.54) is 4.90 Å². The summed E-state index contributed by atoms with van der Waals surface area (Å²) in [5.74, 6) is -0.385. The van der Waals surface area contributed by atoms with Crippen LogP contribution in [-0.2, 0) is 14.3 Å². The van der Waals surface area contributed by atoms with E-state index in [2.05, 4.69) is 17.6 Å². The second-order valence-corrected chi connectivity index (χ2v) is 6.70. The summed E-state index contributed by atoms with van der Waals surface area (Å²) >= 11 is 0. The maximum absolute atomic E-state index is 12.4. The molecule has 1 saturated heterocycles. The number of ether oxygens (including phenoxy) is 1. The van der Waals surface area contributed by atoms with Gasteiger partial charge in [-0.15, -0.1) is 0 Å². The van der Waals surface area contributed by atoms with Crippen molar-refractivity contribution in [2.75, 3.05) is 33.4 Å². The number of carbonyl (C=O) groups is 2. The Hall–Kier alpha value is -1.14. The second-order valence-electron chi connectivity index (χ2n) is 6.70. The molecule has 1 fully saturated rings. The van der Waals surface area contributed by atoms with Gasteiger partial charge in [0.2, 0.25) is 11.8 Å². The molecular weight excluding hydrogens is 270 g/mol. The Morgan fingerprint density at radius 3 is 2.52 bits per heavy atom. The molecule has 0 aromatic rings. The van der Waals surface area contributed by atoms with Crippen LogP contribution in [0.5, 0.6) is 0 Å². The van der Waals surface area contributed by atoms with E-state index in [0.29, 0.717) is 13.2 Å². The third-order valence-electron chi connectivity index (χ3n) is 3.33. The van der Waals surface area contributed by atoms with Gasteiger partial charge in [0.25, 0.3) is 0 Å². The normalized spacial score (nSPS) is 22.1. The number of amides is 2. The van der Waals surface area contributed by atoms with E-state index in [-0.39, 0.29) is 35.9 Å². The van der Waals surface area contributed by atoms with Crippen molar-refractivity contribution in [3.05, 3.63) is 0 Å². The molecule has 0 aromatic carbocycles. The van der Waals surface area contributed by atoms with E-state index in [4.69, 9.17) is 4.74 Å². The molecule has 122 valence electrons. The molecule has 6 nitrogen and oxygen atoms in total. The third-order valence-corrected chi connectivity index (χ3v) is 3.33. The maximum atomic E-state index is 12.4. The minimum Gasteiger partial charge on any atom is -0.379 e. The summed E-state index contributed by atoms with van der Waals surface area (Å²) in [5.41, 5.74) is -0.289. The fraction of sp³-hybridized carbons (Fsp3) is 0.867. The highest BCUT2D eigenvalue weighted by Gasteiger charge is 2.35. The Labute approximate surface area is 127 Å². The van der Waals surface area contributed by atoms with E-state index in [9.17, 15) is 9.59 Å². The Morgan fingerprint density at radius 1 is 1.29 bits per heavy atom. The first-order valence-corrected chi connectivity index (χ1v) is 7.61. The zero-order valence-corrected chi connectivity index (χ0v) is 13.9. The van der Waals surface area contributed by atoms with Gasteiger partial charge in [-0.2, -0.15) is 0 Å². The number of hydrogen-bond acceptors (Lipinski definition) is 4. The van der Waals surface area contributed by atoms with Crippen LogP contribution in [0.1, 0.15) is 34.1 Å². The molecule has 1 rings (SSSR count). The van der Waals surface area contributed by atoms with Gasteiger partial charge in [-0.1, -0.05) is 6.92 Å². The lowest BCUT2D eigenvalue weighted by atomic mass is 10.0. The largest absolute Gasteiger partial charge is 0.379 e. The highest BCUT2D eigenvalue weighted by molar-refractivity contribution is 5.86. The van der Waals surface area contributed by atoms with Gasteiger partial charge in [0.15, 0.2) is 0 Å². The highest BCUT2D eigenvalue weighted by atomic mass is 16.5. The lowest BCUT2D eigenvalue weighted by molar-refractivity contribution is -0.138. The van der Waals surface area contributed by atoms with Gasteiger partial charge in [-0.3, -0.25) is 9.59 Å². The molecule has 21 heavy (non-hydrogen) atoms. The van der Waals surface area contributed by atoms with Crippen molar-refractivity contribution in [3.8, 4) is 0 Å². The van der Waals surface area contributed by atoms with E-state index >= 15 is 0 Å². The molecule has 0 bridgehead atoms. The van der Waals surface area contributed by atoms with Gasteiger partial charge in [-0.25, -0.2) is 0 Å². The first-order chi connectivity index (χ1) is 9.74. The van der Waals surface area contributed by atoms with Crippen LogP contribution in [0.4, 0.5) is 0 Å². The number of rotatable bonds is 6. The monoisotopic (exact) mass is 299 g/mol. The molecule has 2 unspecified atom stereocenters. The Morgan fingerprint density at radius 2 is 1.95 bits per heavy atom. The van der Waals surface area contributed by atoms with Gasteiger partial charge < -0.3 is 20.3 Å². The molecule has 1 aliphatic rings. The average molecular weight is 299 g/mol. The van der Waals surface area contributed by atoms with Crippen molar-refractivity contribution in [2.24, 2.45) is 5.92 Å². The zero-order chi connectivity index (χ0) is 16.0. The predicted octanol–water partition coefficient (Wildman–Crippen LogP) is 0.374. The molecule has 0 radical (unpaired) electrons. The van der Waals surface area contributed by atoms with Crippen molar-refractivity contribution in [1.29, 1.82) is 0 Å². The minimum atomic E-state index is -0.289. The van der Waals surface area contributed by atoms with Crippen molar-refractivity contribution < 1.29 is 14.3 Å². The Balaban J connectivity index is 2.51. The summed E-state index contributed by atoms with van der Waals surface area (Å²) in [6.07, 6.45) is 1.02.